The molecule has 3 aliphatic rings. The summed E-state index contributed by atoms with van der Waals surface area (Å²) in [5, 5.41) is 9.34. The monoisotopic (exact) mass is 313 g/mol. The van der Waals surface area contributed by atoms with E-state index in [-0.39, 0.29) is 28.3 Å². The SMILES string of the molecule is CC(=O)[C@@]1(C)CC[C@H]2[C@@H](CCC3=CC(=O)CC[C@@]32C)[C@@H]1CC#N. The lowest BCUT2D eigenvalue weighted by Crippen LogP contribution is -2.52. The Morgan fingerprint density at radius 2 is 2.04 bits per heavy atom. The van der Waals surface area contributed by atoms with Gasteiger partial charge in [0, 0.05) is 18.3 Å². The van der Waals surface area contributed by atoms with Gasteiger partial charge in [-0.15, -0.1) is 0 Å². The molecule has 3 aliphatic carbocycles. The number of carbonyl (C=O) groups excluding carboxylic acids is 2. The third-order valence-electron chi connectivity index (χ3n) is 7.47. The molecule has 3 rings (SSSR count). The van der Waals surface area contributed by atoms with Gasteiger partial charge in [-0.3, -0.25) is 9.59 Å². The van der Waals surface area contributed by atoms with Crippen molar-refractivity contribution in [2.45, 2.75) is 65.7 Å². The van der Waals surface area contributed by atoms with Crippen LogP contribution in [0.15, 0.2) is 11.6 Å². The molecule has 0 aliphatic heterocycles. The van der Waals surface area contributed by atoms with Crippen LogP contribution in [0.5, 0.6) is 0 Å². The van der Waals surface area contributed by atoms with Gasteiger partial charge in [0.1, 0.15) is 5.78 Å². The Morgan fingerprint density at radius 1 is 1.30 bits per heavy atom. The van der Waals surface area contributed by atoms with Crippen LogP contribution in [-0.4, -0.2) is 11.6 Å². The van der Waals surface area contributed by atoms with Gasteiger partial charge in [-0.25, -0.2) is 0 Å². The van der Waals surface area contributed by atoms with E-state index in [1.165, 1.54) is 5.57 Å². The van der Waals surface area contributed by atoms with Crippen LogP contribution in [0.3, 0.4) is 0 Å². The molecule has 0 N–H and O–H groups in total. The van der Waals surface area contributed by atoms with E-state index in [1.54, 1.807) is 6.92 Å². The molecule has 0 amide bonds. The molecule has 0 aromatic rings. The average molecular weight is 313 g/mol. The predicted octanol–water partition coefficient (Wildman–Crippen LogP) is 4.23. The van der Waals surface area contributed by atoms with Crippen molar-refractivity contribution < 1.29 is 9.59 Å². The van der Waals surface area contributed by atoms with E-state index in [9.17, 15) is 14.9 Å². The lowest BCUT2D eigenvalue weighted by molar-refractivity contribution is -0.138. The highest BCUT2D eigenvalue weighted by Gasteiger charge is 2.56. The van der Waals surface area contributed by atoms with Crippen molar-refractivity contribution in [3.05, 3.63) is 11.6 Å². The van der Waals surface area contributed by atoms with Crippen LogP contribution in [0.25, 0.3) is 0 Å². The molecule has 23 heavy (non-hydrogen) atoms. The molecule has 5 atom stereocenters. The number of allylic oxidation sites excluding steroid dienone is 2. The molecule has 0 spiro atoms. The highest BCUT2D eigenvalue weighted by molar-refractivity contribution is 5.91. The Morgan fingerprint density at radius 3 is 2.70 bits per heavy atom. The van der Waals surface area contributed by atoms with E-state index in [2.05, 4.69) is 19.9 Å². The first-order valence-corrected chi connectivity index (χ1v) is 8.95. The molecule has 2 saturated carbocycles. The number of ketones is 2. The quantitative estimate of drug-likeness (QED) is 0.766. The molecule has 0 radical (unpaired) electrons. The highest BCUT2D eigenvalue weighted by Crippen LogP contribution is 2.62. The zero-order chi connectivity index (χ0) is 16.8. The molecule has 3 heteroatoms. The van der Waals surface area contributed by atoms with E-state index >= 15 is 0 Å². The van der Waals surface area contributed by atoms with Crippen LogP contribution >= 0.6 is 0 Å². The number of nitrogens with zero attached hydrogens (tertiary/aromatic N) is 1. The average Bonchev–Trinajstić information content (AvgIpc) is 2.50. The first-order chi connectivity index (χ1) is 10.8. The van der Waals surface area contributed by atoms with Gasteiger partial charge in [0.15, 0.2) is 5.78 Å². The smallest absolute Gasteiger partial charge is 0.155 e. The fraction of sp³-hybridized carbons (Fsp3) is 0.750. The third kappa shape index (κ3) is 2.38. The summed E-state index contributed by atoms with van der Waals surface area (Å²) in [5.41, 5.74) is 1.08. The van der Waals surface area contributed by atoms with Crippen LogP contribution in [0.4, 0.5) is 0 Å². The Hall–Kier alpha value is -1.43. The van der Waals surface area contributed by atoms with Crippen molar-refractivity contribution >= 4 is 11.6 Å². The maximum Gasteiger partial charge on any atom is 0.155 e. The summed E-state index contributed by atoms with van der Waals surface area (Å²) in [6, 6.07) is 2.35. The van der Waals surface area contributed by atoms with Crippen molar-refractivity contribution in [1.29, 1.82) is 5.26 Å². The number of rotatable bonds is 2. The standard InChI is InChI=1S/C20H27NO2/c1-13(22)19(2)10-7-17-16(18(19)8-11-21)5-4-14-12-15(23)6-9-20(14,17)3/h12,16-18H,4-10H2,1-3H3/t16-,17+,18+,19-,20+/m1/s1. The normalized spacial score (nSPS) is 43.0. The summed E-state index contributed by atoms with van der Waals surface area (Å²) in [5.74, 6) is 1.63. The molecular weight excluding hydrogens is 286 g/mol. The maximum absolute atomic E-state index is 12.3. The fourth-order valence-corrected chi connectivity index (χ4v) is 5.79. The van der Waals surface area contributed by atoms with Crippen molar-refractivity contribution in [2.24, 2.45) is 28.6 Å². The van der Waals surface area contributed by atoms with Crippen LogP contribution in [0.2, 0.25) is 0 Å². The molecule has 2 fully saturated rings. The van der Waals surface area contributed by atoms with Crippen LogP contribution < -0.4 is 0 Å². The van der Waals surface area contributed by atoms with E-state index in [0.717, 1.165) is 32.1 Å². The number of hydrogen-bond acceptors (Lipinski definition) is 3. The van der Waals surface area contributed by atoms with E-state index in [4.69, 9.17) is 0 Å². The van der Waals surface area contributed by atoms with Gasteiger partial charge in [-0.2, -0.15) is 5.26 Å². The molecule has 0 unspecified atom stereocenters. The minimum absolute atomic E-state index is 0.0999. The summed E-state index contributed by atoms with van der Waals surface area (Å²) in [6.07, 6.45) is 7.87. The van der Waals surface area contributed by atoms with Crippen molar-refractivity contribution in [3.8, 4) is 6.07 Å². The van der Waals surface area contributed by atoms with Crippen molar-refractivity contribution in [2.75, 3.05) is 0 Å². The van der Waals surface area contributed by atoms with Gasteiger partial charge in [-0.05, 0) is 68.3 Å². The maximum atomic E-state index is 12.3. The second kappa shape index (κ2) is 5.58. The molecule has 124 valence electrons. The van der Waals surface area contributed by atoms with E-state index in [0.29, 0.717) is 24.7 Å². The van der Waals surface area contributed by atoms with Crippen molar-refractivity contribution in [1.82, 2.24) is 0 Å². The topological polar surface area (TPSA) is 57.9 Å². The van der Waals surface area contributed by atoms with Gasteiger partial charge in [0.2, 0.25) is 0 Å². The van der Waals surface area contributed by atoms with Gasteiger partial charge in [-0.1, -0.05) is 19.4 Å². The molecule has 0 saturated heterocycles. The number of fused-ring (bicyclic) bond motifs is 3. The summed E-state index contributed by atoms with van der Waals surface area (Å²) < 4.78 is 0. The van der Waals surface area contributed by atoms with Gasteiger partial charge >= 0.3 is 0 Å². The minimum Gasteiger partial charge on any atom is -0.299 e. The zero-order valence-corrected chi connectivity index (χ0v) is 14.5. The fourth-order valence-electron chi connectivity index (χ4n) is 5.79. The molecular formula is C20H27NO2. The van der Waals surface area contributed by atoms with Gasteiger partial charge in [0.25, 0.3) is 0 Å². The third-order valence-corrected chi connectivity index (χ3v) is 7.47. The summed E-state index contributed by atoms with van der Waals surface area (Å²) in [4.78, 5) is 24.1. The highest BCUT2D eigenvalue weighted by atomic mass is 16.1. The summed E-state index contributed by atoms with van der Waals surface area (Å²) in [7, 11) is 0. The molecule has 0 heterocycles. The molecule has 0 bridgehead atoms. The number of hydrogen-bond donors (Lipinski definition) is 0. The second-order valence-corrected chi connectivity index (χ2v) is 8.34. The Balaban J connectivity index is 1.98. The summed E-state index contributed by atoms with van der Waals surface area (Å²) >= 11 is 0. The van der Waals surface area contributed by atoms with Crippen LogP contribution in [0.1, 0.15) is 65.7 Å². The second-order valence-electron chi connectivity index (χ2n) is 8.34. The van der Waals surface area contributed by atoms with Gasteiger partial charge in [0.05, 0.1) is 6.07 Å². The lowest BCUT2D eigenvalue weighted by atomic mass is 9.46. The number of carbonyl (C=O) groups is 2. The predicted molar refractivity (Wildman–Crippen MR) is 88.4 cm³/mol. The van der Waals surface area contributed by atoms with E-state index < -0.39 is 0 Å². The zero-order valence-electron chi connectivity index (χ0n) is 14.5. The number of Topliss-reactive ketones (excluding diaryl/α,β-unsaturated/α-hetero) is 1. The molecule has 0 aromatic carbocycles. The van der Waals surface area contributed by atoms with E-state index in [1.807, 2.05) is 6.08 Å². The summed E-state index contributed by atoms with van der Waals surface area (Å²) in [6.45, 7) is 6.09. The minimum atomic E-state index is -0.348. The first-order valence-electron chi connectivity index (χ1n) is 8.95. The molecule has 0 aromatic heterocycles. The largest absolute Gasteiger partial charge is 0.299 e. The Bertz CT molecular complexity index is 614. The Kier molecular flexibility index (Phi) is 3.99. The van der Waals surface area contributed by atoms with Crippen LogP contribution in [0, 0.1) is 39.9 Å². The Labute approximate surface area is 139 Å². The lowest BCUT2D eigenvalue weighted by Gasteiger charge is -2.57. The molecule has 3 nitrogen and oxygen atoms in total. The first kappa shape index (κ1) is 16.4. The number of nitriles is 1. The van der Waals surface area contributed by atoms with Gasteiger partial charge < -0.3 is 0 Å². The van der Waals surface area contributed by atoms with Crippen molar-refractivity contribution in [3.63, 3.8) is 0 Å². The van der Waals surface area contributed by atoms with Crippen LogP contribution in [-0.2, 0) is 9.59 Å².